The van der Waals surface area contributed by atoms with Crippen molar-refractivity contribution in [3.8, 4) is 0 Å². The van der Waals surface area contributed by atoms with Gasteiger partial charge in [0.05, 0.1) is 0 Å². The van der Waals surface area contributed by atoms with Crippen molar-refractivity contribution in [2.75, 3.05) is 31.5 Å². The van der Waals surface area contributed by atoms with Gasteiger partial charge in [-0.3, -0.25) is 4.79 Å². The first kappa shape index (κ1) is 17.4. The molecule has 5 heteroatoms. The molecule has 4 nitrogen and oxygen atoms in total. The van der Waals surface area contributed by atoms with Crippen LogP contribution in [0.2, 0.25) is 0 Å². The monoisotopic (exact) mass is 353 g/mol. The van der Waals surface area contributed by atoms with Gasteiger partial charge in [0.25, 0.3) is 5.91 Å². The molecular weight excluding hydrogens is 330 g/mol. The molecule has 1 fully saturated rings. The Labute approximate surface area is 154 Å². The van der Waals surface area contributed by atoms with E-state index in [9.17, 15) is 4.79 Å². The van der Waals surface area contributed by atoms with E-state index in [2.05, 4.69) is 41.4 Å². The second-order valence-corrected chi connectivity index (χ2v) is 6.51. The third kappa shape index (κ3) is 4.37. The van der Waals surface area contributed by atoms with Gasteiger partial charge in [-0.15, -0.1) is 0 Å². The summed E-state index contributed by atoms with van der Waals surface area (Å²) in [4.78, 5) is 16.5. The minimum Gasteiger partial charge on any atom is -0.345 e. The molecule has 0 spiro atoms. The normalized spacial score (nSPS) is 14.3. The average Bonchev–Trinajstić information content (AvgIpc) is 2.69. The number of amides is 1. The van der Waals surface area contributed by atoms with Gasteiger partial charge in [-0.05, 0) is 48.5 Å². The molecule has 0 atom stereocenters. The number of thiocarbonyl (C=S) groups is 1. The third-order valence-corrected chi connectivity index (χ3v) is 4.85. The lowest BCUT2D eigenvalue weighted by molar-refractivity contribution is 0.0693. The summed E-state index contributed by atoms with van der Waals surface area (Å²) in [5, 5.41) is 4.01. The Bertz CT molecular complexity index is 722. The Balaban J connectivity index is 1.53. The van der Waals surface area contributed by atoms with Gasteiger partial charge in [0.1, 0.15) is 0 Å². The maximum atomic E-state index is 12.5. The molecule has 0 unspecified atom stereocenters. The summed E-state index contributed by atoms with van der Waals surface area (Å²) < 4.78 is 0. The van der Waals surface area contributed by atoms with E-state index in [1.807, 2.05) is 35.2 Å². The predicted molar refractivity (Wildman–Crippen MR) is 106 cm³/mol. The van der Waals surface area contributed by atoms with Crippen LogP contribution in [0.5, 0.6) is 0 Å². The summed E-state index contributed by atoms with van der Waals surface area (Å²) in [6, 6.07) is 17.8. The van der Waals surface area contributed by atoms with E-state index >= 15 is 0 Å². The zero-order chi connectivity index (χ0) is 17.6. The first-order valence-electron chi connectivity index (χ1n) is 8.66. The quantitative estimate of drug-likeness (QED) is 0.858. The standard InChI is InChI=1S/C20H23N3OS/c1-2-16-8-10-18(11-9-16)21-20(25)23-14-12-22(13-15-23)19(24)17-6-4-3-5-7-17/h3-11H,2,12-15H2,1H3,(H,21,25). The number of piperazine rings is 1. The lowest BCUT2D eigenvalue weighted by Gasteiger charge is -2.36. The molecule has 1 heterocycles. The molecule has 1 aliphatic rings. The number of hydrogen-bond acceptors (Lipinski definition) is 2. The molecule has 2 aromatic rings. The van der Waals surface area contributed by atoms with Crippen LogP contribution in [0.1, 0.15) is 22.8 Å². The zero-order valence-electron chi connectivity index (χ0n) is 14.4. The largest absolute Gasteiger partial charge is 0.345 e. The van der Waals surface area contributed by atoms with Crippen LogP contribution in [0.25, 0.3) is 0 Å². The molecule has 0 radical (unpaired) electrons. The Hall–Kier alpha value is -2.40. The minimum absolute atomic E-state index is 0.0919. The molecule has 0 bridgehead atoms. The maximum absolute atomic E-state index is 12.5. The van der Waals surface area contributed by atoms with E-state index in [1.54, 1.807) is 0 Å². The summed E-state index contributed by atoms with van der Waals surface area (Å²) in [6.45, 7) is 5.01. The smallest absolute Gasteiger partial charge is 0.253 e. The third-order valence-electron chi connectivity index (χ3n) is 4.49. The average molecular weight is 353 g/mol. The van der Waals surface area contributed by atoms with E-state index in [1.165, 1.54) is 5.56 Å². The Morgan fingerprint density at radius 3 is 2.16 bits per heavy atom. The van der Waals surface area contributed by atoms with Crippen molar-refractivity contribution >= 4 is 28.9 Å². The van der Waals surface area contributed by atoms with Gasteiger partial charge in [-0.2, -0.15) is 0 Å². The fourth-order valence-corrected chi connectivity index (χ4v) is 3.20. The van der Waals surface area contributed by atoms with E-state index in [0.29, 0.717) is 13.1 Å². The Morgan fingerprint density at radius 2 is 1.56 bits per heavy atom. The minimum atomic E-state index is 0.0919. The summed E-state index contributed by atoms with van der Waals surface area (Å²) in [7, 11) is 0. The Kier molecular flexibility index (Phi) is 5.66. The maximum Gasteiger partial charge on any atom is 0.253 e. The lowest BCUT2D eigenvalue weighted by Crippen LogP contribution is -2.51. The van der Waals surface area contributed by atoms with Crippen molar-refractivity contribution in [3.63, 3.8) is 0 Å². The molecular formula is C20H23N3OS. The fraction of sp³-hybridized carbons (Fsp3) is 0.300. The highest BCUT2D eigenvalue weighted by Gasteiger charge is 2.23. The van der Waals surface area contributed by atoms with E-state index in [-0.39, 0.29) is 5.91 Å². The molecule has 3 rings (SSSR count). The summed E-state index contributed by atoms with van der Waals surface area (Å²) in [5.41, 5.74) is 3.06. The van der Waals surface area contributed by atoms with Crippen LogP contribution in [0, 0.1) is 0 Å². The second-order valence-electron chi connectivity index (χ2n) is 6.13. The number of hydrogen-bond donors (Lipinski definition) is 1. The summed E-state index contributed by atoms with van der Waals surface area (Å²) in [5.74, 6) is 0.0919. The van der Waals surface area contributed by atoms with Crippen molar-refractivity contribution < 1.29 is 4.79 Å². The summed E-state index contributed by atoms with van der Waals surface area (Å²) >= 11 is 5.53. The molecule has 25 heavy (non-hydrogen) atoms. The lowest BCUT2D eigenvalue weighted by atomic mass is 10.1. The molecule has 1 aliphatic heterocycles. The highest BCUT2D eigenvalue weighted by molar-refractivity contribution is 7.80. The van der Waals surface area contributed by atoms with Crippen molar-refractivity contribution in [3.05, 3.63) is 65.7 Å². The fourth-order valence-electron chi connectivity index (χ4n) is 2.90. The summed E-state index contributed by atoms with van der Waals surface area (Å²) in [6.07, 6.45) is 1.03. The van der Waals surface area contributed by atoms with Crippen molar-refractivity contribution in [2.45, 2.75) is 13.3 Å². The van der Waals surface area contributed by atoms with Crippen LogP contribution in [0.15, 0.2) is 54.6 Å². The van der Waals surface area contributed by atoms with Crippen LogP contribution >= 0.6 is 12.2 Å². The number of carbonyl (C=O) groups is 1. The van der Waals surface area contributed by atoms with E-state index < -0.39 is 0 Å². The molecule has 0 aliphatic carbocycles. The number of carbonyl (C=O) groups excluding carboxylic acids is 1. The van der Waals surface area contributed by atoms with Gasteiger partial charge in [0.2, 0.25) is 0 Å². The van der Waals surface area contributed by atoms with Crippen molar-refractivity contribution in [2.24, 2.45) is 0 Å². The highest BCUT2D eigenvalue weighted by Crippen LogP contribution is 2.13. The number of nitrogens with zero attached hydrogens (tertiary/aromatic N) is 2. The molecule has 0 aromatic heterocycles. The zero-order valence-corrected chi connectivity index (χ0v) is 15.3. The second kappa shape index (κ2) is 8.12. The molecule has 2 aromatic carbocycles. The highest BCUT2D eigenvalue weighted by atomic mass is 32.1. The Morgan fingerprint density at radius 1 is 0.960 bits per heavy atom. The van der Waals surface area contributed by atoms with Crippen LogP contribution in [0.4, 0.5) is 5.69 Å². The van der Waals surface area contributed by atoms with Gasteiger partial charge in [-0.1, -0.05) is 37.3 Å². The van der Waals surface area contributed by atoms with Crippen LogP contribution < -0.4 is 5.32 Å². The number of nitrogens with one attached hydrogen (secondary N) is 1. The molecule has 1 saturated heterocycles. The number of aryl methyl sites for hydroxylation is 1. The molecule has 130 valence electrons. The van der Waals surface area contributed by atoms with Gasteiger partial charge >= 0.3 is 0 Å². The van der Waals surface area contributed by atoms with E-state index in [4.69, 9.17) is 12.2 Å². The number of anilines is 1. The van der Waals surface area contributed by atoms with Gasteiger partial charge in [-0.25, -0.2) is 0 Å². The van der Waals surface area contributed by atoms with Crippen LogP contribution in [0.3, 0.4) is 0 Å². The molecule has 1 N–H and O–H groups in total. The first-order valence-corrected chi connectivity index (χ1v) is 9.07. The predicted octanol–water partition coefficient (Wildman–Crippen LogP) is 3.40. The number of rotatable bonds is 3. The van der Waals surface area contributed by atoms with Crippen molar-refractivity contribution in [1.29, 1.82) is 0 Å². The van der Waals surface area contributed by atoms with Gasteiger partial charge in [0.15, 0.2) is 5.11 Å². The molecule has 1 amide bonds. The topological polar surface area (TPSA) is 35.6 Å². The first-order chi connectivity index (χ1) is 12.2. The van der Waals surface area contributed by atoms with E-state index in [0.717, 1.165) is 35.9 Å². The number of benzene rings is 2. The SMILES string of the molecule is CCc1ccc(NC(=S)N2CCN(C(=O)c3ccccc3)CC2)cc1. The van der Waals surface area contributed by atoms with Crippen LogP contribution in [-0.4, -0.2) is 47.0 Å². The van der Waals surface area contributed by atoms with Gasteiger partial charge in [0, 0.05) is 37.4 Å². The molecule has 0 saturated carbocycles. The van der Waals surface area contributed by atoms with Gasteiger partial charge < -0.3 is 15.1 Å². The van der Waals surface area contributed by atoms with Crippen molar-refractivity contribution in [1.82, 2.24) is 9.80 Å². The van der Waals surface area contributed by atoms with Crippen LogP contribution in [-0.2, 0) is 6.42 Å².